The normalized spacial score (nSPS) is 31.4. The predicted octanol–water partition coefficient (Wildman–Crippen LogP) is 3.55. The standard InChI is InChI=1S/C31H45N3O6/c1-8-15-33(22-13-11-21(12-14-22)32(9-2)10-3)28(37)26-31-17-20(6)30(7,40-31)25(29(38)39)24(31)27(36)34(26)23(18-35)16-19(4)5/h8,11-14,19-20,23-26,35H,1,9-10,15-18H2,2-7H3,(H,38,39)/t20?,23-,24+,25+,26?,30-,31?/m1/s1. The third-order valence-electron chi connectivity index (χ3n) is 9.47. The fraction of sp³-hybridized carbons (Fsp3) is 0.645. The van der Waals surface area contributed by atoms with E-state index >= 15 is 0 Å². The summed E-state index contributed by atoms with van der Waals surface area (Å²) in [6, 6.07) is 6.01. The van der Waals surface area contributed by atoms with Crippen LogP contribution in [0.5, 0.6) is 0 Å². The molecule has 2 bridgehead atoms. The number of aliphatic hydroxyl groups is 1. The van der Waals surface area contributed by atoms with E-state index < -0.39 is 47.0 Å². The van der Waals surface area contributed by atoms with E-state index in [0.717, 1.165) is 18.8 Å². The molecule has 3 fully saturated rings. The zero-order valence-electron chi connectivity index (χ0n) is 24.7. The van der Waals surface area contributed by atoms with Crippen LogP contribution in [0.4, 0.5) is 11.4 Å². The molecule has 9 heteroatoms. The Morgan fingerprint density at radius 2 is 1.80 bits per heavy atom. The Kier molecular flexibility index (Phi) is 8.39. The summed E-state index contributed by atoms with van der Waals surface area (Å²) in [5.74, 6) is -3.99. The molecule has 3 saturated heterocycles. The summed E-state index contributed by atoms with van der Waals surface area (Å²) in [4.78, 5) is 46.8. The molecular weight excluding hydrogens is 510 g/mol. The van der Waals surface area contributed by atoms with Crippen LogP contribution in [0.15, 0.2) is 36.9 Å². The lowest BCUT2D eigenvalue weighted by Gasteiger charge is -2.40. The van der Waals surface area contributed by atoms with Crippen molar-refractivity contribution >= 4 is 29.2 Å². The highest BCUT2D eigenvalue weighted by Crippen LogP contribution is 2.65. The molecule has 3 aliphatic heterocycles. The third-order valence-corrected chi connectivity index (χ3v) is 9.47. The number of carbonyl (C=O) groups is 3. The number of carboxylic acid groups (broad SMARTS) is 1. The molecule has 0 aliphatic carbocycles. The number of anilines is 2. The Balaban J connectivity index is 1.83. The number of carbonyl (C=O) groups excluding carboxylic acids is 2. The number of fused-ring (bicyclic) bond motifs is 1. The van der Waals surface area contributed by atoms with Gasteiger partial charge >= 0.3 is 5.97 Å². The third kappa shape index (κ3) is 4.51. The fourth-order valence-corrected chi connectivity index (χ4v) is 7.58. The van der Waals surface area contributed by atoms with E-state index in [1.165, 1.54) is 4.90 Å². The number of hydrogen-bond acceptors (Lipinski definition) is 6. The highest BCUT2D eigenvalue weighted by molar-refractivity contribution is 6.05. The quantitative estimate of drug-likeness (QED) is 0.380. The van der Waals surface area contributed by atoms with Gasteiger partial charge in [-0.25, -0.2) is 0 Å². The van der Waals surface area contributed by atoms with Gasteiger partial charge in [0.2, 0.25) is 5.91 Å². The maximum atomic E-state index is 14.7. The van der Waals surface area contributed by atoms with Gasteiger partial charge in [0.05, 0.1) is 24.2 Å². The van der Waals surface area contributed by atoms with Gasteiger partial charge in [-0.05, 0) is 69.7 Å². The average molecular weight is 556 g/mol. The van der Waals surface area contributed by atoms with Gasteiger partial charge in [0, 0.05) is 31.0 Å². The lowest BCUT2D eigenvalue weighted by molar-refractivity contribution is -0.157. The van der Waals surface area contributed by atoms with E-state index in [2.05, 4.69) is 25.3 Å². The van der Waals surface area contributed by atoms with Gasteiger partial charge in [0.1, 0.15) is 17.6 Å². The molecule has 2 amide bonds. The van der Waals surface area contributed by atoms with Gasteiger partial charge in [-0.1, -0.05) is 26.8 Å². The van der Waals surface area contributed by atoms with Crippen LogP contribution in [-0.2, 0) is 19.1 Å². The second kappa shape index (κ2) is 11.2. The summed E-state index contributed by atoms with van der Waals surface area (Å²) in [5.41, 5.74) is -0.676. The molecule has 1 spiro atoms. The minimum Gasteiger partial charge on any atom is -0.481 e. The van der Waals surface area contributed by atoms with Crippen molar-refractivity contribution in [2.24, 2.45) is 23.7 Å². The molecule has 0 saturated carbocycles. The molecule has 40 heavy (non-hydrogen) atoms. The largest absolute Gasteiger partial charge is 0.481 e. The molecule has 9 nitrogen and oxygen atoms in total. The Hall–Kier alpha value is -2.91. The van der Waals surface area contributed by atoms with E-state index in [-0.39, 0.29) is 30.9 Å². The zero-order chi connectivity index (χ0) is 29.6. The van der Waals surface area contributed by atoms with Gasteiger partial charge in [-0.2, -0.15) is 0 Å². The van der Waals surface area contributed by atoms with Crippen LogP contribution in [0, 0.1) is 23.7 Å². The monoisotopic (exact) mass is 555 g/mol. The van der Waals surface area contributed by atoms with Crippen LogP contribution >= 0.6 is 0 Å². The maximum Gasteiger partial charge on any atom is 0.310 e. The highest BCUT2D eigenvalue weighted by atomic mass is 16.5. The van der Waals surface area contributed by atoms with Gasteiger partial charge in [-0.3, -0.25) is 14.4 Å². The smallest absolute Gasteiger partial charge is 0.310 e. The van der Waals surface area contributed by atoms with Crippen molar-refractivity contribution in [3.05, 3.63) is 36.9 Å². The first-order valence-corrected chi connectivity index (χ1v) is 14.5. The van der Waals surface area contributed by atoms with Crippen LogP contribution in [0.3, 0.4) is 0 Å². The Labute approximate surface area is 237 Å². The minimum atomic E-state index is -1.30. The maximum absolute atomic E-state index is 14.7. The molecule has 1 aromatic carbocycles. The number of likely N-dealkylation sites (tertiary alicyclic amines) is 1. The first-order valence-electron chi connectivity index (χ1n) is 14.5. The van der Waals surface area contributed by atoms with Crippen LogP contribution in [-0.4, -0.2) is 82.4 Å². The second-order valence-electron chi connectivity index (χ2n) is 12.2. The molecule has 1 aromatic rings. The number of rotatable bonds is 12. The SMILES string of the molecule is C=CCN(C(=O)C1N([C@@H](CO)CC(C)C)C(=O)[C@@H]2[C@@H](C(=O)O)[C@]3(C)OC12CC3C)c1ccc(N(CC)CC)cc1. The van der Waals surface area contributed by atoms with Crippen molar-refractivity contribution in [1.29, 1.82) is 0 Å². The summed E-state index contributed by atoms with van der Waals surface area (Å²) in [6.45, 7) is 17.3. The van der Waals surface area contributed by atoms with E-state index in [9.17, 15) is 24.6 Å². The molecule has 3 heterocycles. The molecule has 220 valence electrons. The van der Waals surface area contributed by atoms with Gasteiger partial charge in [-0.15, -0.1) is 6.58 Å². The fourth-order valence-electron chi connectivity index (χ4n) is 7.58. The number of nitrogens with zero attached hydrogens (tertiary/aromatic N) is 3. The molecular formula is C31H45N3O6. The van der Waals surface area contributed by atoms with E-state index in [1.54, 1.807) is 17.9 Å². The number of aliphatic carboxylic acids is 1. The lowest BCUT2D eigenvalue weighted by Crippen LogP contribution is -2.59. The highest BCUT2D eigenvalue weighted by Gasteiger charge is 2.80. The number of aliphatic hydroxyl groups excluding tert-OH is 1. The molecule has 0 aromatic heterocycles. The molecule has 0 radical (unpaired) electrons. The van der Waals surface area contributed by atoms with Crippen LogP contribution in [0.25, 0.3) is 0 Å². The summed E-state index contributed by atoms with van der Waals surface area (Å²) < 4.78 is 6.63. The Morgan fingerprint density at radius 1 is 1.20 bits per heavy atom. The molecule has 2 N–H and O–H groups in total. The number of benzene rings is 1. The van der Waals surface area contributed by atoms with Crippen LogP contribution < -0.4 is 9.80 Å². The number of amides is 2. The van der Waals surface area contributed by atoms with Gasteiger partial charge in [0.15, 0.2) is 0 Å². The first kappa shape index (κ1) is 30.1. The molecule has 7 atom stereocenters. The van der Waals surface area contributed by atoms with Gasteiger partial charge < -0.3 is 29.6 Å². The van der Waals surface area contributed by atoms with Crippen molar-refractivity contribution in [2.45, 2.75) is 77.7 Å². The zero-order valence-corrected chi connectivity index (χ0v) is 24.7. The van der Waals surface area contributed by atoms with Crippen molar-refractivity contribution in [3.8, 4) is 0 Å². The molecule has 4 rings (SSSR count). The summed E-state index contributed by atoms with van der Waals surface area (Å²) in [6.07, 6.45) is 2.50. The predicted molar refractivity (Wildman–Crippen MR) is 154 cm³/mol. The average Bonchev–Trinajstić information content (AvgIpc) is 3.43. The van der Waals surface area contributed by atoms with Gasteiger partial charge in [0.25, 0.3) is 5.91 Å². The van der Waals surface area contributed by atoms with Crippen molar-refractivity contribution in [1.82, 2.24) is 4.90 Å². The first-order chi connectivity index (χ1) is 18.9. The lowest BCUT2D eigenvalue weighted by atomic mass is 9.62. The molecule has 3 aliphatic rings. The molecule has 3 unspecified atom stereocenters. The van der Waals surface area contributed by atoms with Crippen molar-refractivity contribution in [3.63, 3.8) is 0 Å². The van der Waals surface area contributed by atoms with Crippen molar-refractivity contribution in [2.75, 3.05) is 36.0 Å². The number of carboxylic acids is 1. The topological polar surface area (TPSA) is 111 Å². The summed E-state index contributed by atoms with van der Waals surface area (Å²) >= 11 is 0. The van der Waals surface area contributed by atoms with Crippen molar-refractivity contribution < 1.29 is 29.3 Å². The Morgan fingerprint density at radius 3 is 2.30 bits per heavy atom. The minimum absolute atomic E-state index is 0.138. The number of hydrogen-bond donors (Lipinski definition) is 2. The summed E-state index contributed by atoms with van der Waals surface area (Å²) in [7, 11) is 0. The summed E-state index contributed by atoms with van der Waals surface area (Å²) in [5, 5.41) is 20.8. The Bertz CT molecular complexity index is 1130. The van der Waals surface area contributed by atoms with Crippen LogP contribution in [0.2, 0.25) is 0 Å². The van der Waals surface area contributed by atoms with E-state index in [0.29, 0.717) is 18.5 Å². The second-order valence-corrected chi connectivity index (χ2v) is 12.2. The van der Waals surface area contributed by atoms with E-state index in [1.807, 2.05) is 45.0 Å². The van der Waals surface area contributed by atoms with E-state index in [4.69, 9.17) is 4.74 Å². The number of ether oxygens (including phenoxy) is 1. The van der Waals surface area contributed by atoms with Crippen LogP contribution in [0.1, 0.15) is 54.4 Å².